The van der Waals surface area contributed by atoms with E-state index in [4.69, 9.17) is 4.74 Å². The summed E-state index contributed by atoms with van der Waals surface area (Å²) in [7, 11) is 1.86. The molecule has 1 unspecified atom stereocenters. The lowest BCUT2D eigenvalue weighted by Crippen LogP contribution is -2.35. The zero-order valence-corrected chi connectivity index (χ0v) is 12.0. The average Bonchev–Trinajstić information content (AvgIpc) is 2.44. The molecule has 0 spiro atoms. The van der Waals surface area contributed by atoms with Crippen LogP contribution < -0.4 is 15.4 Å². The van der Waals surface area contributed by atoms with Crippen molar-refractivity contribution in [3.05, 3.63) is 29.8 Å². The molecule has 1 rings (SSSR count). The summed E-state index contributed by atoms with van der Waals surface area (Å²) in [5, 5.41) is 6.01. The molecule has 0 heterocycles. The first-order valence-electron chi connectivity index (χ1n) is 6.85. The summed E-state index contributed by atoms with van der Waals surface area (Å²) >= 11 is 0. The van der Waals surface area contributed by atoms with Crippen molar-refractivity contribution in [3.63, 3.8) is 0 Å². The van der Waals surface area contributed by atoms with Crippen molar-refractivity contribution in [2.45, 2.75) is 26.8 Å². The Balaban J connectivity index is 2.45. The smallest absolute Gasteiger partial charge is 0.224 e. The molecule has 0 bridgehead atoms. The first-order chi connectivity index (χ1) is 9.21. The highest BCUT2D eigenvalue weighted by molar-refractivity contribution is 5.78. The van der Waals surface area contributed by atoms with Crippen molar-refractivity contribution in [3.8, 4) is 5.75 Å². The maximum Gasteiger partial charge on any atom is 0.224 e. The maximum absolute atomic E-state index is 11.9. The van der Waals surface area contributed by atoms with Crippen molar-refractivity contribution in [2.24, 2.45) is 5.92 Å². The van der Waals surface area contributed by atoms with Gasteiger partial charge in [0, 0.05) is 13.1 Å². The Kier molecular flexibility index (Phi) is 6.97. The molecule has 1 aromatic carbocycles. The minimum atomic E-state index is 0.0349. The molecule has 0 saturated carbocycles. The Morgan fingerprint density at radius 1 is 1.26 bits per heavy atom. The van der Waals surface area contributed by atoms with E-state index in [1.54, 1.807) is 0 Å². The SMILES string of the molecule is CCOc1ccc(CNC(=O)C(CC)CNC)cc1. The minimum Gasteiger partial charge on any atom is -0.494 e. The Labute approximate surface area is 115 Å². The van der Waals surface area contributed by atoms with E-state index in [2.05, 4.69) is 10.6 Å². The van der Waals surface area contributed by atoms with Gasteiger partial charge in [0.15, 0.2) is 0 Å². The summed E-state index contributed by atoms with van der Waals surface area (Å²) in [6.07, 6.45) is 0.843. The molecule has 1 amide bonds. The molecule has 0 aliphatic carbocycles. The van der Waals surface area contributed by atoms with E-state index in [0.29, 0.717) is 19.7 Å². The highest BCUT2D eigenvalue weighted by Gasteiger charge is 2.14. The van der Waals surface area contributed by atoms with Gasteiger partial charge in [0.25, 0.3) is 0 Å². The van der Waals surface area contributed by atoms with Crippen LogP contribution in [0.3, 0.4) is 0 Å². The molecule has 2 N–H and O–H groups in total. The van der Waals surface area contributed by atoms with Crippen LogP contribution in [-0.2, 0) is 11.3 Å². The third kappa shape index (κ3) is 5.30. The van der Waals surface area contributed by atoms with Crippen LogP contribution in [0, 0.1) is 5.92 Å². The Bertz CT molecular complexity index is 376. The number of hydrogen-bond donors (Lipinski definition) is 2. The van der Waals surface area contributed by atoms with Crippen LogP contribution in [0.15, 0.2) is 24.3 Å². The molecule has 4 nitrogen and oxygen atoms in total. The van der Waals surface area contributed by atoms with E-state index in [-0.39, 0.29) is 11.8 Å². The second kappa shape index (κ2) is 8.53. The molecular formula is C15H24N2O2. The number of benzene rings is 1. The number of hydrogen-bond acceptors (Lipinski definition) is 3. The first-order valence-corrected chi connectivity index (χ1v) is 6.85. The van der Waals surface area contributed by atoms with E-state index in [0.717, 1.165) is 17.7 Å². The van der Waals surface area contributed by atoms with Crippen molar-refractivity contribution >= 4 is 5.91 Å². The average molecular weight is 264 g/mol. The molecule has 4 heteroatoms. The van der Waals surface area contributed by atoms with Crippen LogP contribution in [0.2, 0.25) is 0 Å². The Morgan fingerprint density at radius 3 is 2.47 bits per heavy atom. The molecule has 19 heavy (non-hydrogen) atoms. The van der Waals surface area contributed by atoms with E-state index in [1.807, 2.05) is 45.2 Å². The van der Waals surface area contributed by atoms with E-state index in [1.165, 1.54) is 0 Å². The van der Waals surface area contributed by atoms with Crippen molar-refractivity contribution in [2.75, 3.05) is 20.2 Å². The second-order valence-electron chi connectivity index (χ2n) is 4.46. The number of carbonyl (C=O) groups is 1. The molecule has 0 aliphatic heterocycles. The van der Waals surface area contributed by atoms with Gasteiger partial charge < -0.3 is 15.4 Å². The molecule has 1 aromatic rings. The number of rotatable bonds is 8. The van der Waals surface area contributed by atoms with Gasteiger partial charge in [0.2, 0.25) is 5.91 Å². The molecule has 1 atom stereocenters. The van der Waals surface area contributed by atoms with Gasteiger partial charge in [0.05, 0.1) is 12.5 Å². The van der Waals surface area contributed by atoms with Crippen molar-refractivity contribution in [1.29, 1.82) is 0 Å². The van der Waals surface area contributed by atoms with Gasteiger partial charge >= 0.3 is 0 Å². The summed E-state index contributed by atoms with van der Waals surface area (Å²) in [5.74, 6) is 0.998. The lowest BCUT2D eigenvalue weighted by atomic mass is 10.1. The first kappa shape index (κ1) is 15.5. The van der Waals surface area contributed by atoms with Crippen LogP contribution >= 0.6 is 0 Å². The Hall–Kier alpha value is -1.55. The van der Waals surface area contributed by atoms with Gasteiger partial charge in [-0.15, -0.1) is 0 Å². The summed E-state index contributed by atoms with van der Waals surface area (Å²) in [5.41, 5.74) is 1.08. The number of ether oxygens (including phenoxy) is 1. The van der Waals surface area contributed by atoms with Gasteiger partial charge in [-0.2, -0.15) is 0 Å². The van der Waals surface area contributed by atoms with Crippen molar-refractivity contribution < 1.29 is 9.53 Å². The normalized spacial score (nSPS) is 11.9. The molecule has 0 aliphatic rings. The summed E-state index contributed by atoms with van der Waals surface area (Å²) in [6, 6.07) is 7.81. The molecule has 106 valence electrons. The van der Waals surface area contributed by atoms with Crippen LogP contribution in [-0.4, -0.2) is 26.1 Å². The van der Waals surface area contributed by atoms with Crippen LogP contribution in [0.1, 0.15) is 25.8 Å². The quantitative estimate of drug-likeness (QED) is 0.754. The third-order valence-corrected chi connectivity index (χ3v) is 3.02. The lowest BCUT2D eigenvalue weighted by Gasteiger charge is -2.14. The fraction of sp³-hybridized carbons (Fsp3) is 0.533. The zero-order chi connectivity index (χ0) is 14.1. The van der Waals surface area contributed by atoms with E-state index in [9.17, 15) is 4.79 Å². The number of nitrogens with one attached hydrogen (secondary N) is 2. The minimum absolute atomic E-state index is 0.0349. The van der Waals surface area contributed by atoms with Gasteiger partial charge in [0.1, 0.15) is 5.75 Å². The van der Waals surface area contributed by atoms with E-state index >= 15 is 0 Å². The molecular weight excluding hydrogens is 240 g/mol. The molecule has 0 aromatic heterocycles. The molecule has 0 saturated heterocycles. The Morgan fingerprint density at radius 2 is 1.95 bits per heavy atom. The van der Waals surface area contributed by atoms with Gasteiger partial charge in [-0.25, -0.2) is 0 Å². The van der Waals surface area contributed by atoms with E-state index < -0.39 is 0 Å². The summed E-state index contributed by atoms with van der Waals surface area (Å²) < 4.78 is 5.38. The van der Waals surface area contributed by atoms with Gasteiger partial charge in [-0.3, -0.25) is 4.79 Å². The van der Waals surface area contributed by atoms with Gasteiger partial charge in [-0.1, -0.05) is 19.1 Å². The maximum atomic E-state index is 11.9. The zero-order valence-electron chi connectivity index (χ0n) is 12.0. The van der Waals surface area contributed by atoms with Crippen LogP contribution in [0.5, 0.6) is 5.75 Å². The number of carbonyl (C=O) groups excluding carboxylic acids is 1. The monoisotopic (exact) mass is 264 g/mol. The standard InChI is InChI=1S/C15H24N2O2/c1-4-13(11-16-3)15(18)17-10-12-6-8-14(9-7-12)19-5-2/h6-9,13,16H,4-5,10-11H2,1-3H3,(H,17,18). The fourth-order valence-electron chi connectivity index (χ4n) is 1.87. The number of amides is 1. The topological polar surface area (TPSA) is 50.4 Å². The summed E-state index contributed by atoms with van der Waals surface area (Å²) in [4.78, 5) is 11.9. The summed E-state index contributed by atoms with van der Waals surface area (Å²) in [6.45, 7) is 5.93. The predicted octanol–water partition coefficient (Wildman–Crippen LogP) is 1.95. The third-order valence-electron chi connectivity index (χ3n) is 3.02. The van der Waals surface area contributed by atoms with Crippen LogP contribution in [0.4, 0.5) is 0 Å². The lowest BCUT2D eigenvalue weighted by molar-refractivity contribution is -0.125. The highest BCUT2D eigenvalue weighted by Crippen LogP contribution is 2.12. The predicted molar refractivity (Wildman–Crippen MR) is 77.2 cm³/mol. The fourth-order valence-corrected chi connectivity index (χ4v) is 1.87. The largest absolute Gasteiger partial charge is 0.494 e. The van der Waals surface area contributed by atoms with Crippen LogP contribution in [0.25, 0.3) is 0 Å². The molecule has 0 fully saturated rings. The van der Waals surface area contributed by atoms with Crippen molar-refractivity contribution in [1.82, 2.24) is 10.6 Å². The molecule has 0 radical (unpaired) electrons. The second-order valence-corrected chi connectivity index (χ2v) is 4.46. The highest BCUT2D eigenvalue weighted by atomic mass is 16.5. The van der Waals surface area contributed by atoms with Gasteiger partial charge in [-0.05, 0) is 38.1 Å².